The first-order valence-corrected chi connectivity index (χ1v) is 8.37. The van der Waals surface area contributed by atoms with Gasteiger partial charge < -0.3 is 14.4 Å². The van der Waals surface area contributed by atoms with Crippen LogP contribution in [0, 0.1) is 5.92 Å². The third kappa shape index (κ3) is 6.97. The molecule has 0 fully saturated rings. The van der Waals surface area contributed by atoms with Gasteiger partial charge in [-0.2, -0.15) is 52.7 Å². The molecule has 0 aliphatic carbocycles. The minimum absolute atomic E-state index is 0.895. The van der Waals surface area contributed by atoms with Crippen LogP contribution in [0.2, 0.25) is 0 Å². The molecule has 192 valence electrons. The number of likely N-dealkylation sites (N-methyl/N-ethyl adjacent to an activating group) is 1. The van der Waals surface area contributed by atoms with Crippen molar-refractivity contribution < 1.29 is 75.8 Å². The average molecular weight is 509 g/mol. The molecule has 0 saturated heterocycles. The summed E-state index contributed by atoms with van der Waals surface area (Å²) in [5, 5.41) is 10.6. The van der Waals surface area contributed by atoms with Crippen molar-refractivity contribution in [3.63, 3.8) is 0 Å². The van der Waals surface area contributed by atoms with Crippen LogP contribution in [0.3, 0.4) is 0 Å². The van der Waals surface area contributed by atoms with Crippen molar-refractivity contribution >= 4 is 5.97 Å². The van der Waals surface area contributed by atoms with Gasteiger partial charge in [0.2, 0.25) is 0 Å². The van der Waals surface area contributed by atoms with Gasteiger partial charge in [0, 0.05) is 12.8 Å². The van der Waals surface area contributed by atoms with Crippen LogP contribution in [-0.4, -0.2) is 73.7 Å². The Labute approximate surface area is 171 Å². The highest BCUT2D eigenvalue weighted by atomic mass is 19.4. The molecule has 0 amide bonds. The van der Waals surface area contributed by atoms with Gasteiger partial charge >= 0.3 is 24.7 Å². The van der Waals surface area contributed by atoms with E-state index in [0.29, 0.717) is 0 Å². The smallest absolute Gasteiger partial charge is 0.431 e. The molecule has 0 aliphatic rings. The normalized spacial score (nSPS) is 15.4. The lowest BCUT2D eigenvalue weighted by molar-refractivity contribution is -0.885. The third-order valence-electron chi connectivity index (χ3n) is 4.64. The van der Waals surface area contributed by atoms with Crippen molar-refractivity contribution in [3.8, 4) is 0 Å². The molecular formula is C15H17F14NO2. The molecule has 0 spiro atoms. The Morgan fingerprint density at radius 2 is 0.969 bits per heavy atom. The van der Waals surface area contributed by atoms with Crippen molar-refractivity contribution in [1.82, 2.24) is 0 Å². The van der Waals surface area contributed by atoms with E-state index in [1.807, 2.05) is 0 Å². The maximum Gasteiger partial charge on any atom is 0.431 e. The van der Waals surface area contributed by atoms with E-state index >= 15 is 0 Å². The maximum absolute atomic E-state index is 14.0. The number of quaternary nitrogens is 1. The molecule has 0 unspecified atom stereocenters. The van der Waals surface area contributed by atoms with Crippen molar-refractivity contribution in [2.45, 2.75) is 55.3 Å². The number of carbonyl (C=O) groups excluding carboxylic acids is 1. The standard InChI is InChI=1S/C15H17F14NO2/c1-30(2,7-9(31)32)4-3-8(5-10(16,12(18,19)20)13(21,22)23)6-11(17,14(24,25)26)15(27,28)29/h8H,3-7H2,1-2H3. The summed E-state index contributed by atoms with van der Waals surface area (Å²) < 4.78 is 181. The fourth-order valence-corrected chi connectivity index (χ4v) is 2.82. The van der Waals surface area contributed by atoms with Crippen LogP contribution in [0.15, 0.2) is 0 Å². The molecule has 32 heavy (non-hydrogen) atoms. The zero-order valence-corrected chi connectivity index (χ0v) is 16.2. The van der Waals surface area contributed by atoms with Gasteiger partial charge in [-0.05, 0) is 12.3 Å². The maximum atomic E-state index is 14.0. The molecule has 0 N–H and O–H groups in total. The second kappa shape index (κ2) is 9.00. The van der Waals surface area contributed by atoms with Gasteiger partial charge in [-0.15, -0.1) is 0 Å². The van der Waals surface area contributed by atoms with E-state index in [2.05, 4.69) is 0 Å². The Balaban J connectivity index is 6.35. The summed E-state index contributed by atoms with van der Waals surface area (Å²) >= 11 is 0. The number of halogens is 14. The number of carboxylic acids is 1. The second-order valence-electron chi connectivity index (χ2n) is 7.85. The van der Waals surface area contributed by atoms with E-state index in [0.717, 1.165) is 14.1 Å². The van der Waals surface area contributed by atoms with Gasteiger partial charge in [-0.1, -0.05) is 0 Å². The minimum Gasteiger partial charge on any atom is -0.544 e. The number of hydrogen-bond donors (Lipinski definition) is 0. The van der Waals surface area contributed by atoms with Gasteiger partial charge in [0.25, 0.3) is 11.3 Å². The number of carbonyl (C=O) groups is 1. The minimum atomic E-state index is -6.81. The molecular weight excluding hydrogens is 492 g/mol. The lowest BCUT2D eigenvalue weighted by Gasteiger charge is -2.38. The Hall–Kier alpha value is -1.55. The Bertz CT molecular complexity index is 578. The fourth-order valence-electron chi connectivity index (χ4n) is 2.82. The van der Waals surface area contributed by atoms with E-state index in [-0.39, 0.29) is 0 Å². The summed E-state index contributed by atoms with van der Waals surface area (Å²) in [6, 6.07) is 0. The van der Waals surface area contributed by atoms with Crippen molar-refractivity contribution in [2.75, 3.05) is 27.2 Å². The Kier molecular flexibility index (Phi) is 8.57. The van der Waals surface area contributed by atoms with Crippen molar-refractivity contribution in [3.05, 3.63) is 0 Å². The van der Waals surface area contributed by atoms with Gasteiger partial charge in [-0.25, -0.2) is 8.78 Å². The summed E-state index contributed by atoms with van der Waals surface area (Å²) in [6.45, 7) is -1.96. The predicted molar refractivity (Wildman–Crippen MR) is 76.1 cm³/mol. The number of aliphatic carboxylic acids is 1. The summed E-state index contributed by atoms with van der Waals surface area (Å²) in [5.74, 6) is -4.95. The lowest BCUT2D eigenvalue weighted by Crippen LogP contribution is -2.57. The third-order valence-corrected chi connectivity index (χ3v) is 4.64. The number of nitrogens with zero attached hydrogens (tertiary/aromatic N) is 1. The number of alkyl halides is 14. The molecule has 0 aromatic rings. The monoisotopic (exact) mass is 509 g/mol. The largest absolute Gasteiger partial charge is 0.544 e. The van der Waals surface area contributed by atoms with Gasteiger partial charge in [0.15, 0.2) is 0 Å². The number of rotatable bonds is 9. The molecule has 0 bridgehead atoms. The van der Waals surface area contributed by atoms with Crippen LogP contribution in [0.5, 0.6) is 0 Å². The van der Waals surface area contributed by atoms with E-state index in [9.17, 15) is 71.4 Å². The lowest BCUT2D eigenvalue weighted by atomic mass is 9.80. The quantitative estimate of drug-likeness (QED) is 0.344. The molecule has 0 aromatic carbocycles. The van der Waals surface area contributed by atoms with E-state index in [4.69, 9.17) is 0 Å². The summed E-state index contributed by atoms with van der Waals surface area (Å²) in [6.07, 6.45) is -34.7. The molecule has 3 nitrogen and oxygen atoms in total. The molecule has 0 saturated carbocycles. The molecule has 0 heterocycles. The highest BCUT2D eigenvalue weighted by Crippen LogP contribution is 2.54. The zero-order chi connectivity index (χ0) is 26.2. The van der Waals surface area contributed by atoms with Gasteiger partial charge in [0.1, 0.15) is 6.54 Å². The molecule has 0 radical (unpaired) electrons. The van der Waals surface area contributed by atoms with Crippen LogP contribution in [0.4, 0.5) is 61.5 Å². The topological polar surface area (TPSA) is 40.1 Å². The van der Waals surface area contributed by atoms with Gasteiger partial charge in [-0.3, -0.25) is 0 Å². The van der Waals surface area contributed by atoms with Crippen LogP contribution < -0.4 is 5.11 Å². The summed E-state index contributed by atoms with van der Waals surface area (Å²) in [4.78, 5) is 10.6. The summed E-state index contributed by atoms with van der Waals surface area (Å²) in [7, 11) is 1.89. The van der Waals surface area contributed by atoms with E-state index in [1.54, 1.807) is 0 Å². The van der Waals surface area contributed by atoms with E-state index in [1.165, 1.54) is 0 Å². The molecule has 0 atom stereocenters. The van der Waals surface area contributed by atoms with Crippen LogP contribution in [0.25, 0.3) is 0 Å². The van der Waals surface area contributed by atoms with Crippen LogP contribution >= 0.6 is 0 Å². The summed E-state index contributed by atoms with van der Waals surface area (Å²) in [5.41, 5.74) is -12.5. The second-order valence-corrected chi connectivity index (χ2v) is 7.85. The molecule has 0 aromatic heterocycles. The van der Waals surface area contributed by atoms with E-state index < -0.39 is 84.8 Å². The average Bonchev–Trinajstić information content (AvgIpc) is 2.46. The number of hydrogen-bond acceptors (Lipinski definition) is 2. The number of carboxylic acid groups (broad SMARTS) is 1. The Morgan fingerprint density at radius 3 is 1.19 bits per heavy atom. The highest BCUT2D eigenvalue weighted by molar-refractivity contribution is 5.65. The highest BCUT2D eigenvalue weighted by Gasteiger charge is 2.75. The van der Waals surface area contributed by atoms with Crippen molar-refractivity contribution in [1.29, 1.82) is 0 Å². The first kappa shape index (κ1) is 30.4. The fraction of sp³-hybridized carbons (Fsp3) is 0.933. The molecule has 17 heteroatoms. The Morgan fingerprint density at radius 1 is 0.688 bits per heavy atom. The SMILES string of the molecule is C[N+](C)(CCC(CC(F)(C(F)(F)F)C(F)(F)F)CC(F)(C(F)(F)F)C(F)(F)F)CC(=O)[O-]. The van der Waals surface area contributed by atoms with Crippen LogP contribution in [-0.2, 0) is 4.79 Å². The molecule has 0 rings (SSSR count). The van der Waals surface area contributed by atoms with Crippen LogP contribution in [0.1, 0.15) is 19.3 Å². The first-order chi connectivity index (χ1) is 13.7. The van der Waals surface area contributed by atoms with Gasteiger partial charge in [0.05, 0.1) is 26.6 Å². The zero-order valence-electron chi connectivity index (χ0n) is 16.2. The molecule has 0 aliphatic heterocycles. The van der Waals surface area contributed by atoms with Crippen molar-refractivity contribution in [2.24, 2.45) is 5.92 Å². The first-order valence-electron chi connectivity index (χ1n) is 8.37. The predicted octanol–water partition coefficient (Wildman–Crippen LogP) is 4.27.